The summed E-state index contributed by atoms with van der Waals surface area (Å²) in [5.74, 6) is -0.0195. The molecule has 0 aromatic carbocycles. The lowest BCUT2D eigenvalue weighted by Crippen LogP contribution is -2.18. The van der Waals surface area contributed by atoms with Gasteiger partial charge in [-0.05, 0) is 18.8 Å². The number of carboxylic acids is 1. The van der Waals surface area contributed by atoms with Gasteiger partial charge in [-0.3, -0.25) is 4.79 Å². The van der Waals surface area contributed by atoms with Crippen LogP contribution in [0.3, 0.4) is 0 Å². The Labute approximate surface area is 240 Å². The van der Waals surface area contributed by atoms with Crippen molar-refractivity contribution >= 4 is 5.97 Å². The first-order valence-corrected chi connectivity index (χ1v) is 17.9. The largest absolute Gasteiger partial charge is 0.481 e. The number of unbranched alkanes of at least 4 members (excludes halogenated alkanes) is 23. The molecule has 0 amide bonds. The van der Waals surface area contributed by atoms with Gasteiger partial charge in [0.05, 0.1) is 5.92 Å². The predicted molar refractivity (Wildman–Crippen MR) is 170 cm³/mol. The quantitative estimate of drug-likeness (QED) is 0.0868. The van der Waals surface area contributed by atoms with E-state index in [4.69, 9.17) is 0 Å². The van der Waals surface area contributed by atoms with Gasteiger partial charge in [-0.2, -0.15) is 0 Å². The minimum absolute atomic E-state index is 0.114. The second-order valence-corrected chi connectivity index (χ2v) is 12.6. The summed E-state index contributed by atoms with van der Waals surface area (Å²) in [6.07, 6.45) is 39.4. The van der Waals surface area contributed by atoms with Gasteiger partial charge in [0.25, 0.3) is 0 Å². The van der Waals surface area contributed by atoms with Crippen LogP contribution < -0.4 is 0 Å². The highest BCUT2D eigenvalue weighted by molar-refractivity contribution is 5.69. The third-order valence-electron chi connectivity index (χ3n) is 8.81. The summed E-state index contributed by atoms with van der Waals surface area (Å²) in [6, 6.07) is 0. The molecule has 0 aromatic heterocycles. The normalized spacial score (nSPS) is 13.1. The van der Waals surface area contributed by atoms with Crippen LogP contribution in [0.1, 0.15) is 213 Å². The fraction of sp³-hybridized carbons (Fsp3) is 0.972. The van der Waals surface area contributed by atoms with Crippen LogP contribution in [0.4, 0.5) is 0 Å². The first-order chi connectivity index (χ1) is 18.7. The molecule has 0 aliphatic heterocycles. The lowest BCUT2D eigenvalue weighted by molar-refractivity contribution is -0.142. The molecular formula is C36H72O2. The molecule has 0 rings (SSSR count). The van der Waals surface area contributed by atoms with Gasteiger partial charge in [-0.25, -0.2) is 0 Å². The van der Waals surface area contributed by atoms with Crippen molar-refractivity contribution in [3.63, 3.8) is 0 Å². The Balaban J connectivity index is 4.21. The standard InChI is InChI=1S/C36H72O2/c1-4-7-10-13-16-18-19-20-21-23-26-29-32-35(36(37)38)33-34(30-27-24-15-12-9-6-3)31-28-25-22-17-14-11-8-5-2/h34-35H,4-33H2,1-3H3,(H,37,38). The highest BCUT2D eigenvalue weighted by Gasteiger charge is 2.22. The number of carbonyl (C=O) groups is 1. The van der Waals surface area contributed by atoms with Gasteiger partial charge in [-0.1, -0.05) is 201 Å². The van der Waals surface area contributed by atoms with E-state index in [1.807, 2.05) is 0 Å². The van der Waals surface area contributed by atoms with Gasteiger partial charge in [0.1, 0.15) is 0 Å². The number of hydrogen-bond acceptors (Lipinski definition) is 1. The molecule has 0 radical (unpaired) electrons. The van der Waals surface area contributed by atoms with Gasteiger partial charge in [0, 0.05) is 0 Å². The molecule has 1 N–H and O–H groups in total. The van der Waals surface area contributed by atoms with E-state index in [0.29, 0.717) is 5.92 Å². The highest BCUT2D eigenvalue weighted by Crippen LogP contribution is 2.28. The van der Waals surface area contributed by atoms with Gasteiger partial charge >= 0.3 is 5.97 Å². The van der Waals surface area contributed by atoms with Crippen molar-refractivity contribution in [3.05, 3.63) is 0 Å². The van der Waals surface area contributed by atoms with E-state index in [0.717, 1.165) is 19.3 Å². The number of rotatable bonds is 32. The Morgan fingerprint density at radius 1 is 0.421 bits per heavy atom. The Hall–Kier alpha value is -0.530. The molecule has 0 spiro atoms. The van der Waals surface area contributed by atoms with Crippen molar-refractivity contribution in [1.82, 2.24) is 0 Å². The number of hydrogen-bond donors (Lipinski definition) is 1. The van der Waals surface area contributed by atoms with Crippen LogP contribution in [0.5, 0.6) is 0 Å². The smallest absolute Gasteiger partial charge is 0.306 e. The molecule has 2 heteroatoms. The summed E-state index contributed by atoms with van der Waals surface area (Å²) >= 11 is 0. The molecule has 0 aliphatic carbocycles. The Morgan fingerprint density at radius 2 is 0.684 bits per heavy atom. The first kappa shape index (κ1) is 37.5. The zero-order valence-electron chi connectivity index (χ0n) is 26.7. The predicted octanol–water partition coefficient (Wildman–Crippen LogP) is 13.1. The molecule has 228 valence electrons. The second-order valence-electron chi connectivity index (χ2n) is 12.6. The average molecular weight is 537 g/mol. The van der Waals surface area contributed by atoms with E-state index in [1.165, 1.54) is 173 Å². The van der Waals surface area contributed by atoms with Crippen LogP contribution in [0.25, 0.3) is 0 Å². The monoisotopic (exact) mass is 537 g/mol. The topological polar surface area (TPSA) is 37.3 Å². The molecule has 38 heavy (non-hydrogen) atoms. The van der Waals surface area contributed by atoms with Crippen molar-refractivity contribution in [2.45, 2.75) is 213 Å². The molecule has 2 atom stereocenters. The van der Waals surface area contributed by atoms with Crippen molar-refractivity contribution in [1.29, 1.82) is 0 Å². The average Bonchev–Trinajstić information content (AvgIpc) is 2.91. The van der Waals surface area contributed by atoms with E-state index in [-0.39, 0.29) is 5.92 Å². The summed E-state index contributed by atoms with van der Waals surface area (Å²) in [5, 5.41) is 9.98. The van der Waals surface area contributed by atoms with E-state index < -0.39 is 5.97 Å². The van der Waals surface area contributed by atoms with E-state index in [2.05, 4.69) is 20.8 Å². The molecule has 0 saturated carbocycles. The lowest BCUT2D eigenvalue weighted by Gasteiger charge is -2.21. The molecule has 0 fully saturated rings. The van der Waals surface area contributed by atoms with Crippen molar-refractivity contribution in [2.75, 3.05) is 0 Å². The van der Waals surface area contributed by atoms with Crippen molar-refractivity contribution in [2.24, 2.45) is 11.8 Å². The molecule has 2 nitrogen and oxygen atoms in total. The summed E-state index contributed by atoms with van der Waals surface area (Å²) in [7, 11) is 0. The van der Waals surface area contributed by atoms with Gasteiger partial charge in [0.2, 0.25) is 0 Å². The van der Waals surface area contributed by atoms with Crippen molar-refractivity contribution in [3.8, 4) is 0 Å². The third kappa shape index (κ3) is 27.1. The minimum atomic E-state index is -0.531. The fourth-order valence-electron chi connectivity index (χ4n) is 6.14. The Kier molecular flexibility index (Phi) is 30.6. The lowest BCUT2D eigenvalue weighted by atomic mass is 9.84. The number of aliphatic carboxylic acids is 1. The third-order valence-corrected chi connectivity index (χ3v) is 8.81. The van der Waals surface area contributed by atoms with E-state index >= 15 is 0 Å². The molecule has 0 aliphatic rings. The zero-order chi connectivity index (χ0) is 27.9. The second kappa shape index (κ2) is 31.0. The van der Waals surface area contributed by atoms with E-state index in [9.17, 15) is 9.90 Å². The highest BCUT2D eigenvalue weighted by atomic mass is 16.4. The minimum Gasteiger partial charge on any atom is -0.481 e. The number of carboxylic acid groups (broad SMARTS) is 1. The summed E-state index contributed by atoms with van der Waals surface area (Å²) < 4.78 is 0. The van der Waals surface area contributed by atoms with Crippen LogP contribution in [0, 0.1) is 11.8 Å². The molecule has 0 bridgehead atoms. The maximum atomic E-state index is 12.1. The SMILES string of the molecule is CCCCCCCCCCCCCCC(CC(CCCCCCCC)CCCCCCCCCC)C(=O)O. The molecule has 0 heterocycles. The van der Waals surface area contributed by atoms with Gasteiger partial charge < -0.3 is 5.11 Å². The van der Waals surface area contributed by atoms with Crippen LogP contribution in [0.15, 0.2) is 0 Å². The fourth-order valence-corrected chi connectivity index (χ4v) is 6.14. The van der Waals surface area contributed by atoms with Crippen LogP contribution in [-0.2, 0) is 4.79 Å². The molecular weight excluding hydrogens is 464 g/mol. The Morgan fingerprint density at radius 3 is 0.974 bits per heavy atom. The van der Waals surface area contributed by atoms with Crippen LogP contribution in [0.2, 0.25) is 0 Å². The molecule has 0 aromatic rings. The van der Waals surface area contributed by atoms with Crippen LogP contribution >= 0.6 is 0 Å². The van der Waals surface area contributed by atoms with Gasteiger partial charge in [0.15, 0.2) is 0 Å². The maximum absolute atomic E-state index is 12.1. The zero-order valence-corrected chi connectivity index (χ0v) is 26.7. The summed E-state index contributed by atoms with van der Waals surface area (Å²) in [4.78, 5) is 12.1. The molecule has 0 saturated heterocycles. The first-order valence-electron chi connectivity index (χ1n) is 17.9. The summed E-state index contributed by atoms with van der Waals surface area (Å²) in [5.41, 5.74) is 0. The van der Waals surface area contributed by atoms with Crippen molar-refractivity contribution < 1.29 is 9.90 Å². The summed E-state index contributed by atoms with van der Waals surface area (Å²) in [6.45, 7) is 6.85. The van der Waals surface area contributed by atoms with Gasteiger partial charge in [-0.15, -0.1) is 0 Å². The van der Waals surface area contributed by atoms with Crippen LogP contribution in [-0.4, -0.2) is 11.1 Å². The maximum Gasteiger partial charge on any atom is 0.306 e. The molecule has 2 unspecified atom stereocenters. The Bertz CT molecular complexity index is 460. The van der Waals surface area contributed by atoms with E-state index in [1.54, 1.807) is 0 Å².